The molecule has 1 aromatic heterocycles. The number of hydrogen-bond donors (Lipinski definition) is 1. The minimum Gasteiger partial charge on any atom is -0.342 e. The highest BCUT2D eigenvalue weighted by molar-refractivity contribution is 7.12. The Bertz CT molecular complexity index is 449. The number of hydrogen-bond acceptors (Lipinski definition) is 4. The maximum atomic E-state index is 12.2. The standard InChI is InChI=1S/C15H22N2O2S.ClH/c1-16-10-12-4-2-8-17(11-12)15(19)7-6-13(18)14-5-3-9-20-14;/h3,5,9,12,16H,2,4,6-8,10-11H2,1H3;1H. The van der Waals surface area contributed by atoms with Crippen molar-refractivity contribution in [3.63, 3.8) is 0 Å². The fourth-order valence-corrected chi connectivity index (χ4v) is 3.38. The molecule has 1 fully saturated rings. The molecule has 6 heteroatoms. The lowest BCUT2D eigenvalue weighted by atomic mass is 9.97. The molecule has 1 saturated heterocycles. The van der Waals surface area contributed by atoms with Gasteiger partial charge in [-0.1, -0.05) is 6.07 Å². The number of carbonyl (C=O) groups excluding carboxylic acids is 2. The van der Waals surface area contributed by atoms with E-state index in [9.17, 15) is 9.59 Å². The maximum absolute atomic E-state index is 12.2. The molecule has 1 aliphatic rings. The molecule has 0 radical (unpaired) electrons. The van der Waals surface area contributed by atoms with Crippen LogP contribution in [0.1, 0.15) is 35.4 Å². The van der Waals surface area contributed by atoms with E-state index in [2.05, 4.69) is 5.32 Å². The van der Waals surface area contributed by atoms with Crippen LogP contribution in [0.4, 0.5) is 0 Å². The van der Waals surface area contributed by atoms with Crippen LogP contribution in [-0.2, 0) is 4.79 Å². The van der Waals surface area contributed by atoms with Crippen molar-refractivity contribution in [2.45, 2.75) is 25.7 Å². The first-order chi connectivity index (χ1) is 9.70. The zero-order chi connectivity index (χ0) is 14.4. The van der Waals surface area contributed by atoms with Crippen molar-refractivity contribution in [3.8, 4) is 0 Å². The molecular formula is C15H23ClN2O2S. The number of likely N-dealkylation sites (tertiary alicyclic amines) is 1. The van der Waals surface area contributed by atoms with Crippen molar-refractivity contribution in [1.82, 2.24) is 10.2 Å². The molecule has 1 aliphatic heterocycles. The summed E-state index contributed by atoms with van der Waals surface area (Å²) in [5, 5.41) is 5.07. The summed E-state index contributed by atoms with van der Waals surface area (Å²) in [4.78, 5) is 26.7. The van der Waals surface area contributed by atoms with Gasteiger partial charge in [-0.05, 0) is 43.8 Å². The second-order valence-corrected chi connectivity index (χ2v) is 6.25. The van der Waals surface area contributed by atoms with Gasteiger partial charge in [0.05, 0.1) is 4.88 Å². The number of carbonyl (C=O) groups is 2. The van der Waals surface area contributed by atoms with Gasteiger partial charge in [-0.25, -0.2) is 0 Å². The Balaban J connectivity index is 0.00000220. The fraction of sp³-hybridized carbons (Fsp3) is 0.600. The Morgan fingerprint density at radius 3 is 2.90 bits per heavy atom. The lowest BCUT2D eigenvalue weighted by Gasteiger charge is -2.32. The maximum Gasteiger partial charge on any atom is 0.223 e. The van der Waals surface area contributed by atoms with Crippen LogP contribution in [-0.4, -0.2) is 43.3 Å². The van der Waals surface area contributed by atoms with E-state index in [1.807, 2.05) is 29.5 Å². The molecule has 0 aromatic carbocycles. The fourth-order valence-electron chi connectivity index (χ4n) is 2.69. The van der Waals surface area contributed by atoms with E-state index < -0.39 is 0 Å². The third-order valence-corrected chi connectivity index (χ3v) is 4.64. The molecule has 1 unspecified atom stereocenters. The Kier molecular flexibility index (Phi) is 7.93. The van der Waals surface area contributed by atoms with Gasteiger partial charge in [0.2, 0.25) is 5.91 Å². The van der Waals surface area contributed by atoms with Crippen LogP contribution in [0.25, 0.3) is 0 Å². The van der Waals surface area contributed by atoms with Crippen molar-refractivity contribution in [1.29, 1.82) is 0 Å². The van der Waals surface area contributed by atoms with Crippen molar-refractivity contribution in [3.05, 3.63) is 22.4 Å². The van der Waals surface area contributed by atoms with Gasteiger partial charge in [0.25, 0.3) is 0 Å². The van der Waals surface area contributed by atoms with Gasteiger partial charge in [0.1, 0.15) is 0 Å². The molecule has 0 spiro atoms. The Labute approximate surface area is 136 Å². The molecular weight excluding hydrogens is 308 g/mol. The van der Waals surface area contributed by atoms with Gasteiger partial charge in [0.15, 0.2) is 5.78 Å². The minimum absolute atomic E-state index is 0. The van der Waals surface area contributed by atoms with Crippen molar-refractivity contribution in [2.24, 2.45) is 5.92 Å². The highest BCUT2D eigenvalue weighted by atomic mass is 35.5. The topological polar surface area (TPSA) is 49.4 Å². The molecule has 21 heavy (non-hydrogen) atoms. The zero-order valence-electron chi connectivity index (χ0n) is 12.3. The average molecular weight is 331 g/mol. The van der Waals surface area contributed by atoms with Gasteiger partial charge in [-0.2, -0.15) is 0 Å². The predicted molar refractivity (Wildman–Crippen MR) is 88.4 cm³/mol. The Hall–Kier alpha value is -0.910. The van der Waals surface area contributed by atoms with Crippen LogP contribution in [0.15, 0.2) is 17.5 Å². The van der Waals surface area contributed by atoms with E-state index in [-0.39, 0.29) is 24.1 Å². The summed E-state index contributed by atoms with van der Waals surface area (Å²) in [6, 6.07) is 3.69. The summed E-state index contributed by atoms with van der Waals surface area (Å²) in [5.74, 6) is 0.749. The predicted octanol–water partition coefficient (Wildman–Crippen LogP) is 2.59. The number of amides is 1. The molecule has 1 aromatic rings. The molecule has 118 valence electrons. The highest BCUT2D eigenvalue weighted by Gasteiger charge is 2.23. The summed E-state index contributed by atoms with van der Waals surface area (Å²) in [6.07, 6.45) is 2.91. The van der Waals surface area contributed by atoms with Gasteiger partial charge >= 0.3 is 0 Å². The molecule has 1 atom stereocenters. The van der Waals surface area contributed by atoms with Gasteiger partial charge in [-0.15, -0.1) is 23.7 Å². The van der Waals surface area contributed by atoms with Crippen molar-refractivity contribution in [2.75, 3.05) is 26.7 Å². The van der Waals surface area contributed by atoms with E-state index >= 15 is 0 Å². The monoisotopic (exact) mass is 330 g/mol. The van der Waals surface area contributed by atoms with E-state index in [1.165, 1.54) is 17.8 Å². The van der Waals surface area contributed by atoms with E-state index in [0.29, 0.717) is 18.8 Å². The normalized spacial score (nSPS) is 18.1. The number of Topliss-reactive ketones (excluding diaryl/α,β-unsaturated/α-hetero) is 1. The molecule has 4 nitrogen and oxygen atoms in total. The van der Waals surface area contributed by atoms with Gasteiger partial charge in [-0.3, -0.25) is 9.59 Å². The first-order valence-corrected chi connectivity index (χ1v) is 8.07. The van der Waals surface area contributed by atoms with E-state index in [1.54, 1.807) is 0 Å². The van der Waals surface area contributed by atoms with Gasteiger partial charge in [0, 0.05) is 25.9 Å². The lowest BCUT2D eigenvalue weighted by molar-refractivity contribution is -0.132. The second-order valence-electron chi connectivity index (χ2n) is 5.31. The molecule has 0 aliphatic carbocycles. The molecule has 2 heterocycles. The van der Waals surface area contributed by atoms with Crippen LogP contribution in [0.5, 0.6) is 0 Å². The highest BCUT2D eigenvalue weighted by Crippen LogP contribution is 2.18. The third kappa shape index (κ3) is 5.41. The number of piperidine rings is 1. The van der Waals surface area contributed by atoms with Crippen LogP contribution >= 0.6 is 23.7 Å². The summed E-state index contributed by atoms with van der Waals surface area (Å²) >= 11 is 1.44. The van der Waals surface area contributed by atoms with Crippen molar-refractivity contribution >= 4 is 35.4 Å². The smallest absolute Gasteiger partial charge is 0.223 e. The summed E-state index contributed by atoms with van der Waals surface area (Å²) in [6.45, 7) is 2.62. The van der Waals surface area contributed by atoms with E-state index in [0.717, 1.165) is 30.9 Å². The average Bonchev–Trinajstić information content (AvgIpc) is 2.99. The third-order valence-electron chi connectivity index (χ3n) is 3.73. The number of nitrogens with zero attached hydrogens (tertiary/aromatic N) is 1. The summed E-state index contributed by atoms with van der Waals surface area (Å²) < 4.78 is 0. The SMILES string of the molecule is CNCC1CCCN(C(=O)CCC(=O)c2cccs2)C1.Cl. The van der Waals surface area contributed by atoms with Crippen LogP contribution in [0, 0.1) is 5.92 Å². The Morgan fingerprint density at radius 2 is 2.24 bits per heavy atom. The first kappa shape index (κ1) is 18.1. The molecule has 2 rings (SSSR count). The quantitative estimate of drug-likeness (QED) is 0.816. The van der Waals surface area contributed by atoms with Crippen LogP contribution in [0.3, 0.4) is 0 Å². The summed E-state index contributed by atoms with van der Waals surface area (Å²) in [5.41, 5.74) is 0. The first-order valence-electron chi connectivity index (χ1n) is 7.19. The Morgan fingerprint density at radius 1 is 1.43 bits per heavy atom. The number of rotatable bonds is 6. The van der Waals surface area contributed by atoms with Gasteiger partial charge < -0.3 is 10.2 Å². The largest absolute Gasteiger partial charge is 0.342 e. The lowest BCUT2D eigenvalue weighted by Crippen LogP contribution is -2.42. The number of thiophene rings is 1. The number of nitrogens with one attached hydrogen (secondary N) is 1. The molecule has 0 bridgehead atoms. The van der Waals surface area contributed by atoms with Crippen LogP contribution in [0.2, 0.25) is 0 Å². The molecule has 0 saturated carbocycles. The number of ketones is 1. The second kappa shape index (κ2) is 9.18. The minimum atomic E-state index is 0. The molecule has 1 amide bonds. The van der Waals surface area contributed by atoms with Crippen LogP contribution < -0.4 is 5.32 Å². The zero-order valence-corrected chi connectivity index (χ0v) is 14.0. The van der Waals surface area contributed by atoms with E-state index in [4.69, 9.17) is 0 Å². The van der Waals surface area contributed by atoms with Crippen molar-refractivity contribution < 1.29 is 9.59 Å². The summed E-state index contributed by atoms with van der Waals surface area (Å²) in [7, 11) is 1.94. The number of halogens is 1. The molecule has 1 N–H and O–H groups in total.